The molecule has 1 aliphatic heterocycles. The molecule has 2 aromatic rings. The van der Waals surface area contributed by atoms with Gasteiger partial charge in [-0.2, -0.15) is 5.26 Å². The largest absolute Gasteiger partial charge is 0.465 e. The predicted octanol–water partition coefficient (Wildman–Crippen LogP) is 2.24. The number of nitro benzene ring substituents is 1. The molecular weight excluding hydrogens is 396 g/mol. The van der Waals surface area contributed by atoms with Gasteiger partial charge in [0.2, 0.25) is 5.88 Å². The number of hydrogen-bond acceptors (Lipinski definition) is 9. The van der Waals surface area contributed by atoms with E-state index in [-0.39, 0.29) is 34.0 Å². The van der Waals surface area contributed by atoms with Crippen LogP contribution in [0.2, 0.25) is 0 Å². The van der Waals surface area contributed by atoms with Gasteiger partial charge in [-0.25, -0.2) is 4.79 Å². The van der Waals surface area contributed by atoms with Crippen molar-refractivity contribution in [3.8, 4) is 6.07 Å². The number of benzene rings is 1. The number of anilines is 2. The van der Waals surface area contributed by atoms with E-state index in [4.69, 9.17) is 9.15 Å². The number of morpholine rings is 1. The molecule has 1 aromatic heterocycles. The second-order valence-electron chi connectivity index (χ2n) is 6.35. The first-order valence-electron chi connectivity index (χ1n) is 8.91. The fourth-order valence-corrected chi connectivity index (χ4v) is 3.15. The molecule has 3 rings (SSSR count). The minimum absolute atomic E-state index is 0.00345. The van der Waals surface area contributed by atoms with Crippen LogP contribution in [0.25, 0.3) is 0 Å². The van der Waals surface area contributed by atoms with Gasteiger partial charge in [0.15, 0.2) is 0 Å². The van der Waals surface area contributed by atoms with Crippen LogP contribution in [0.5, 0.6) is 0 Å². The third kappa shape index (κ3) is 3.94. The Morgan fingerprint density at radius 1 is 1.33 bits per heavy atom. The Kier molecular flexibility index (Phi) is 5.98. The van der Waals surface area contributed by atoms with E-state index in [1.807, 2.05) is 4.90 Å². The summed E-state index contributed by atoms with van der Waals surface area (Å²) in [7, 11) is 1.16. The van der Waals surface area contributed by atoms with Crippen LogP contribution in [-0.4, -0.2) is 50.2 Å². The van der Waals surface area contributed by atoms with E-state index < -0.39 is 16.8 Å². The summed E-state index contributed by atoms with van der Waals surface area (Å²) in [4.78, 5) is 37.3. The Hall–Kier alpha value is -3.91. The van der Waals surface area contributed by atoms with E-state index in [1.54, 1.807) is 6.07 Å². The van der Waals surface area contributed by atoms with E-state index in [1.165, 1.54) is 19.1 Å². The van der Waals surface area contributed by atoms with Crippen LogP contribution < -0.4 is 10.2 Å². The number of nitrogens with one attached hydrogen (secondary N) is 1. The zero-order valence-electron chi connectivity index (χ0n) is 16.3. The van der Waals surface area contributed by atoms with Crippen LogP contribution in [0.3, 0.4) is 0 Å². The number of nitrogens with zero attached hydrogens (tertiary/aromatic N) is 3. The number of nitro groups is 1. The topological polar surface area (TPSA) is 148 Å². The van der Waals surface area contributed by atoms with E-state index in [9.17, 15) is 25.0 Å². The fraction of sp³-hybridized carbons (Fsp3) is 0.316. The summed E-state index contributed by atoms with van der Waals surface area (Å²) >= 11 is 0. The minimum Gasteiger partial charge on any atom is -0.465 e. The molecule has 2 heterocycles. The molecule has 1 saturated heterocycles. The van der Waals surface area contributed by atoms with Crippen molar-refractivity contribution < 1.29 is 28.4 Å². The molecule has 0 unspecified atom stereocenters. The Bertz CT molecular complexity index is 1050. The van der Waals surface area contributed by atoms with Gasteiger partial charge >= 0.3 is 5.97 Å². The summed E-state index contributed by atoms with van der Waals surface area (Å²) in [5.41, 5.74) is -0.123. The van der Waals surface area contributed by atoms with E-state index in [2.05, 4.69) is 10.1 Å². The first kappa shape index (κ1) is 20.8. The van der Waals surface area contributed by atoms with Gasteiger partial charge in [-0.1, -0.05) is 0 Å². The molecule has 1 aliphatic rings. The number of nitriles is 1. The van der Waals surface area contributed by atoms with Crippen molar-refractivity contribution in [1.82, 2.24) is 0 Å². The minimum atomic E-state index is -0.779. The van der Waals surface area contributed by atoms with Crippen molar-refractivity contribution in [2.75, 3.05) is 43.6 Å². The van der Waals surface area contributed by atoms with Crippen LogP contribution in [-0.2, 0) is 9.47 Å². The molecule has 0 aliphatic carbocycles. The van der Waals surface area contributed by atoms with Gasteiger partial charge in [0, 0.05) is 24.7 Å². The van der Waals surface area contributed by atoms with Crippen molar-refractivity contribution in [2.24, 2.45) is 0 Å². The first-order valence-corrected chi connectivity index (χ1v) is 8.91. The number of furan rings is 1. The lowest BCUT2D eigenvalue weighted by Crippen LogP contribution is -2.36. The van der Waals surface area contributed by atoms with E-state index in [0.29, 0.717) is 32.0 Å². The first-order chi connectivity index (χ1) is 14.4. The van der Waals surface area contributed by atoms with Crippen molar-refractivity contribution in [2.45, 2.75) is 6.92 Å². The molecule has 0 radical (unpaired) electrons. The summed E-state index contributed by atoms with van der Waals surface area (Å²) < 4.78 is 15.2. The normalized spacial score (nSPS) is 13.4. The third-order valence-electron chi connectivity index (χ3n) is 4.60. The van der Waals surface area contributed by atoms with Gasteiger partial charge in [0.1, 0.15) is 28.6 Å². The molecule has 1 fully saturated rings. The second-order valence-corrected chi connectivity index (χ2v) is 6.35. The number of methoxy groups -OCH3 is 1. The summed E-state index contributed by atoms with van der Waals surface area (Å²) in [5.74, 6) is -1.64. The van der Waals surface area contributed by atoms with Gasteiger partial charge in [0.25, 0.3) is 11.6 Å². The van der Waals surface area contributed by atoms with Gasteiger partial charge < -0.3 is 18.8 Å². The van der Waals surface area contributed by atoms with Gasteiger partial charge in [-0.3, -0.25) is 20.2 Å². The van der Waals surface area contributed by atoms with Crippen molar-refractivity contribution >= 4 is 29.1 Å². The Balaban J connectivity index is 1.91. The molecule has 11 heteroatoms. The van der Waals surface area contributed by atoms with Gasteiger partial charge in [0.05, 0.1) is 25.2 Å². The molecular formula is C19H18N4O7. The van der Waals surface area contributed by atoms with Gasteiger partial charge in [-0.15, -0.1) is 0 Å². The number of carbonyl (C=O) groups is 2. The molecule has 0 bridgehead atoms. The number of carbonyl (C=O) groups excluding carboxylic acids is 2. The summed E-state index contributed by atoms with van der Waals surface area (Å²) in [5, 5.41) is 23.3. The van der Waals surface area contributed by atoms with Crippen LogP contribution in [0, 0.1) is 28.4 Å². The summed E-state index contributed by atoms with van der Waals surface area (Å²) in [6.07, 6.45) is 0. The third-order valence-corrected chi connectivity index (χ3v) is 4.60. The lowest BCUT2D eigenvalue weighted by Gasteiger charge is -2.28. The SMILES string of the molecule is COC(=O)c1c(C)oc(NC(=O)c2ccc(N3CCOCC3)c([N+](=O)[O-])c2)c1C#N. The fourth-order valence-electron chi connectivity index (χ4n) is 3.15. The number of esters is 1. The lowest BCUT2D eigenvalue weighted by atomic mass is 10.1. The predicted molar refractivity (Wildman–Crippen MR) is 104 cm³/mol. The molecule has 11 nitrogen and oxygen atoms in total. The quantitative estimate of drug-likeness (QED) is 0.442. The number of rotatable bonds is 5. The van der Waals surface area contributed by atoms with Crippen LogP contribution in [0.1, 0.15) is 32.0 Å². The molecule has 0 saturated carbocycles. The highest BCUT2D eigenvalue weighted by Crippen LogP contribution is 2.31. The number of ether oxygens (including phenoxy) is 2. The number of amides is 1. The molecule has 156 valence electrons. The molecule has 1 amide bonds. The van der Waals surface area contributed by atoms with E-state index in [0.717, 1.165) is 13.2 Å². The maximum absolute atomic E-state index is 12.7. The Morgan fingerprint density at radius 3 is 2.63 bits per heavy atom. The Labute approximate surface area is 170 Å². The summed E-state index contributed by atoms with van der Waals surface area (Å²) in [6, 6.07) is 5.90. The Morgan fingerprint density at radius 2 is 2.03 bits per heavy atom. The van der Waals surface area contributed by atoms with Crippen LogP contribution >= 0.6 is 0 Å². The average Bonchev–Trinajstić information content (AvgIpc) is 3.07. The van der Waals surface area contributed by atoms with E-state index >= 15 is 0 Å². The summed E-state index contributed by atoms with van der Waals surface area (Å²) in [6.45, 7) is 3.36. The molecule has 0 spiro atoms. The van der Waals surface area contributed by atoms with Crippen molar-refractivity contribution in [1.29, 1.82) is 5.26 Å². The molecule has 1 aromatic carbocycles. The second kappa shape index (κ2) is 8.62. The standard InChI is InChI=1S/C19H18N4O7/c1-11-16(19(25)28-2)13(10-20)18(30-11)21-17(24)12-3-4-14(15(9-12)23(26)27)22-5-7-29-8-6-22/h3-4,9H,5-8H2,1-2H3,(H,21,24). The van der Waals surface area contributed by atoms with Crippen molar-refractivity contribution in [3.05, 3.63) is 50.8 Å². The van der Waals surface area contributed by atoms with Crippen LogP contribution in [0.4, 0.5) is 17.3 Å². The highest BCUT2D eigenvalue weighted by Gasteiger charge is 2.27. The number of aryl methyl sites for hydroxylation is 1. The monoisotopic (exact) mass is 414 g/mol. The smallest absolute Gasteiger partial charge is 0.342 e. The van der Waals surface area contributed by atoms with Crippen molar-refractivity contribution in [3.63, 3.8) is 0 Å². The maximum atomic E-state index is 12.7. The highest BCUT2D eigenvalue weighted by atomic mass is 16.6. The average molecular weight is 414 g/mol. The number of hydrogen-bond donors (Lipinski definition) is 1. The lowest BCUT2D eigenvalue weighted by molar-refractivity contribution is -0.384. The maximum Gasteiger partial charge on any atom is 0.342 e. The van der Waals surface area contributed by atoms with Crippen LogP contribution in [0.15, 0.2) is 22.6 Å². The molecule has 0 atom stereocenters. The zero-order valence-corrected chi connectivity index (χ0v) is 16.3. The molecule has 1 N–H and O–H groups in total. The molecule has 30 heavy (non-hydrogen) atoms. The zero-order chi connectivity index (χ0) is 21.8. The highest BCUT2D eigenvalue weighted by molar-refractivity contribution is 6.06. The van der Waals surface area contributed by atoms with Gasteiger partial charge in [-0.05, 0) is 19.1 Å².